The molecule has 2 heterocycles. The van der Waals surface area contributed by atoms with Gasteiger partial charge in [0, 0.05) is 12.2 Å². The van der Waals surface area contributed by atoms with Crippen molar-refractivity contribution in [3.8, 4) is 0 Å². The quantitative estimate of drug-likeness (QED) is 0.803. The first-order valence-electron chi connectivity index (χ1n) is 6.39. The van der Waals surface area contributed by atoms with E-state index in [9.17, 15) is 0 Å². The molecule has 0 spiro atoms. The van der Waals surface area contributed by atoms with Crippen LogP contribution in [-0.2, 0) is 0 Å². The second-order valence-corrected chi connectivity index (χ2v) is 4.88. The first kappa shape index (κ1) is 10.6. The van der Waals surface area contributed by atoms with Crippen molar-refractivity contribution in [1.82, 2.24) is 14.6 Å². The minimum atomic E-state index is 0.745. The third-order valence-electron chi connectivity index (χ3n) is 3.32. The van der Waals surface area contributed by atoms with Crippen molar-refractivity contribution in [3.63, 3.8) is 0 Å². The molecule has 2 aromatic rings. The van der Waals surface area contributed by atoms with Crippen molar-refractivity contribution in [2.45, 2.75) is 32.6 Å². The number of aromatic nitrogens is 3. The number of aryl methyl sites for hydroxylation is 1. The van der Waals surface area contributed by atoms with Crippen LogP contribution in [0.1, 0.15) is 31.4 Å². The van der Waals surface area contributed by atoms with E-state index in [4.69, 9.17) is 0 Å². The predicted octanol–water partition coefficient (Wildman–Crippen LogP) is 2.64. The van der Waals surface area contributed by atoms with Crippen LogP contribution in [0.15, 0.2) is 18.2 Å². The van der Waals surface area contributed by atoms with Gasteiger partial charge in [0.1, 0.15) is 0 Å². The second-order valence-electron chi connectivity index (χ2n) is 4.88. The maximum atomic E-state index is 4.45. The molecule has 1 aliphatic rings. The molecule has 17 heavy (non-hydrogen) atoms. The molecule has 1 saturated carbocycles. The molecule has 4 nitrogen and oxygen atoms in total. The maximum absolute atomic E-state index is 4.45. The molecule has 1 N–H and O–H groups in total. The van der Waals surface area contributed by atoms with Gasteiger partial charge in [0.15, 0.2) is 5.65 Å². The minimum absolute atomic E-state index is 0.745. The topological polar surface area (TPSA) is 42.2 Å². The van der Waals surface area contributed by atoms with Crippen LogP contribution in [0.5, 0.6) is 0 Å². The Kier molecular flexibility index (Phi) is 2.71. The average Bonchev–Trinajstić information content (AvgIpc) is 3.04. The lowest BCUT2D eigenvalue weighted by atomic mass is 10.2. The molecule has 0 amide bonds. The fraction of sp³-hybridized carbons (Fsp3) is 0.538. The average molecular weight is 230 g/mol. The molecule has 0 saturated heterocycles. The lowest BCUT2D eigenvalue weighted by Crippen LogP contribution is -2.03. The number of hydrogen-bond acceptors (Lipinski definition) is 3. The first-order valence-corrected chi connectivity index (χ1v) is 6.39. The Morgan fingerprint density at radius 2 is 2.29 bits per heavy atom. The van der Waals surface area contributed by atoms with Crippen LogP contribution in [0.2, 0.25) is 0 Å². The summed E-state index contributed by atoms with van der Waals surface area (Å²) >= 11 is 0. The van der Waals surface area contributed by atoms with E-state index in [1.165, 1.54) is 25.7 Å². The van der Waals surface area contributed by atoms with Gasteiger partial charge in [-0.2, -0.15) is 4.98 Å². The van der Waals surface area contributed by atoms with E-state index in [0.29, 0.717) is 0 Å². The number of anilines is 1. The van der Waals surface area contributed by atoms with Gasteiger partial charge in [-0.05, 0) is 37.8 Å². The van der Waals surface area contributed by atoms with Crippen LogP contribution in [0.4, 0.5) is 5.95 Å². The van der Waals surface area contributed by atoms with Crippen LogP contribution in [0.25, 0.3) is 5.65 Å². The SMILES string of the molecule is Cc1cccc2nc(NCCCC3CC3)nn12. The molecular weight excluding hydrogens is 212 g/mol. The summed E-state index contributed by atoms with van der Waals surface area (Å²) in [5, 5.41) is 7.74. The van der Waals surface area contributed by atoms with Gasteiger partial charge in [0.05, 0.1) is 0 Å². The smallest absolute Gasteiger partial charge is 0.243 e. The molecule has 90 valence electrons. The summed E-state index contributed by atoms with van der Waals surface area (Å²) in [6, 6.07) is 6.03. The zero-order chi connectivity index (χ0) is 11.7. The Hall–Kier alpha value is -1.58. The van der Waals surface area contributed by atoms with Crippen molar-refractivity contribution < 1.29 is 0 Å². The summed E-state index contributed by atoms with van der Waals surface area (Å²) in [5.74, 6) is 1.75. The number of fused-ring (bicyclic) bond motifs is 1. The molecule has 3 rings (SSSR count). The number of hydrogen-bond donors (Lipinski definition) is 1. The predicted molar refractivity (Wildman–Crippen MR) is 68.2 cm³/mol. The van der Waals surface area contributed by atoms with Gasteiger partial charge in [-0.1, -0.05) is 18.9 Å². The summed E-state index contributed by atoms with van der Waals surface area (Å²) in [7, 11) is 0. The van der Waals surface area contributed by atoms with Crippen molar-refractivity contribution >= 4 is 11.6 Å². The molecule has 0 unspecified atom stereocenters. The molecule has 0 aromatic carbocycles. The third kappa shape index (κ3) is 2.40. The summed E-state index contributed by atoms with van der Waals surface area (Å²) in [5.41, 5.74) is 2.02. The highest BCUT2D eigenvalue weighted by Crippen LogP contribution is 2.33. The zero-order valence-electron chi connectivity index (χ0n) is 10.2. The van der Waals surface area contributed by atoms with E-state index >= 15 is 0 Å². The number of nitrogens with one attached hydrogen (secondary N) is 1. The van der Waals surface area contributed by atoms with Crippen LogP contribution in [-0.4, -0.2) is 21.1 Å². The van der Waals surface area contributed by atoms with Crippen molar-refractivity contribution in [2.75, 3.05) is 11.9 Å². The normalized spacial score (nSPS) is 15.4. The van der Waals surface area contributed by atoms with Gasteiger partial charge < -0.3 is 5.32 Å². The van der Waals surface area contributed by atoms with E-state index in [1.54, 1.807) is 0 Å². The third-order valence-corrected chi connectivity index (χ3v) is 3.32. The fourth-order valence-electron chi connectivity index (χ4n) is 2.11. The van der Waals surface area contributed by atoms with Crippen molar-refractivity contribution in [2.24, 2.45) is 5.92 Å². The van der Waals surface area contributed by atoms with Crippen LogP contribution in [0.3, 0.4) is 0 Å². The van der Waals surface area contributed by atoms with Gasteiger partial charge in [0.2, 0.25) is 5.95 Å². The van der Waals surface area contributed by atoms with Gasteiger partial charge >= 0.3 is 0 Å². The molecule has 1 fully saturated rings. The van der Waals surface area contributed by atoms with E-state index in [2.05, 4.69) is 15.4 Å². The largest absolute Gasteiger partial charge is 0.353 e. The Labute approximate surface area is 101 Å². The monoisotopic (exact) mass is 230 g/mol. The van der Waals surface area contributed by atoms with Crippen molar-refractivity contribution in [3.05, 3.63) is 23.9 Å². The molecule has 0 atom stereocenters. The van der Waals surface area contributed by atoms with Gasteiger partial charge in [-0.3, -0.25) is 0 Å². The van der Waals surface area contributed by atoms with Crippen LogP contribution in [0, 0.1) is 12.8 Å². The molecule has 4 heteroatoms. The highest BCUT2D eigenvalue weighted by molar-refractivity contribution is 5.44. The van der Waals surface area contributed by atoms with Crippen LogP contribution < -0.4 is 5.32 Å². The van der Waals surface area contributed by atoms with E-state index in [-0.39, 0.29) is 0 Å². The summed E-state index contributed by atoms with van der Waals surface area (Å²) in [6.07, 6.45) is 5.44. The number of rotatable bonds is 5. The molecule has 1 aliphatic carbocycles. The Morgan fingerprint density at radius 3 is 3.06 bits per heavy atom. The van der Waals surface area contributed by atoms with E-state index in [1.807, 2.05) is 29.6 Å². The van der Waals surface area contributed by atoms with E-state index < -0.39 is 0 Å². The number of nitrogens with zero attached hydrogens (tertiary/aromatic N) is 3. The molecule has 0 bridgehead atoms. The molecule has 0 radical (unpaired) electrons. The zero-order valence-corrected chi connectivity index (χ0v) is 10.2. The molecule has 0 aliphatic heterocycles. The van der Waals surface area contributed by atoms with Gasteiger partial charge in [-0.25, -0.2) is 4.52 Å². The lowest BCUT2D eigenvalue weighted by molar-refractivity contribution is 0.685. The highest BCUT2D eigenvalue weighted by atomic mass is 15.3. The summed E-state index contributed by atoms with van der Waals surface area (Å²) in [6.45, 7) is 3.02. The molecule has 2 aromatic heterocycles. The maximum Gasteiger partial charge on any atom is 0.243 e. The second kappa shape index (κ2) is 4.35. The minimum Gasteiger partial charge on any atom is -0.353 e. The Morgan fingerprint density at radius 1 is 1.41 bits per heavy atom. The Bertz CT molecular complexity index is 513. The molecular formula is C13H18N4. The van der Waals surface area contributed by atoms with Crippen molar-refractivity contribution in [1.29, 1.82) is 0 Å². The van der Waals surface area contributed by atoms with Crippen LogP contribution >= 0.6 is 0 Å². The lowest BCUT2D eigenvalue weighted by Gasteiger charge is -1.99. The fourth-order valence-corrected chi connectivity index (χ4v) is 2.11. The number of pyridine rings is 1. The first-order chi connectivity index (χ1) is 8.33. The Balaban J connectivity index is 1.62. The summed E-state index contributed by atoms with van der Waals surface area (Å²) in [4.78, 5) is 4.45. The van der Waals surface area contributed by atoms with E-state index in [0.717, 1.165) is 29.8 Å². The highest BCUT2D eigenvalue weighted by Gasteiger charge is 2.19. The van der Waals surface area contributed by atoms with Gasteiger partial charge in [-0.15, -0.1) is 5.10 Å². The standard InChI is InChI=1S/C13H18N4/c1-10-4-2-6-12-15-13(16-17(10)12)14-9-3-5-11-7-8-11/h2,4,6,11H,3,5,7-9H2,1H3,(H,14,16). The summed E-state index contributed by atoms with van der Waals surface area (Å²) < 4.78 is 1.88. The van der Waals surface area contributed by atoms with Gasteiger partial charge in [0.25, 0.3) is 0 Å².